The first kappa shape index (κ1) is 17.9. The minimum absolute atomic E-state index is 0.923. The number of nitrogens with zero attached hydrogens (tertiary/aromatic N) is 3. The maximum absolute atomic E-state index is 2.36. The molecule has 84 valence electrons. The SMILES string of the molecule is C[CH](C)[Sn+].C[N](C)[Sn-]([N](C)C)[N](C)C. The summed E-state index contributed by atoms with van der Waals surface area (Å²) < 4.78 is 8.01. The van der Waals surface area contributed by atoms with Crippen LogP contribution in [0.1, 0.15) is 13.8 Å². The van der Waals surface area contributed by atoms with Crippen molar-refractivity contribution in [3.8, 4) is 0 Å². The third kappa shape index (κ3) is 11.6. The second kappa shape index (κ2) is 9.69. The Morgan fingerprint density at radius 2 is 0.929 bits per heavy atom. The Morgan fingerprint density at radius 1 is 0.786 bits per heavy atom. The summed E-state index contributed by atoms with van der Waals surface area (Å²) in [6, 6.07) is 0. The van der Waals surface area contributed by atoms with Crippen LogP contribution < -0.4 is 0 Å². The first-order valence-electron chi connectivity index (χ1n) is 4.80. The summed E-state index contributed by atoms with van der Waals surface area (Å²) in [5.74, 6) is 0. The fourth-order valence-electron chi connectivity index (χ4n) is 1.20. The van der Waals surface area contributed by atoms with Crippen LogP contribution in [0.25, 0.3) is 0 Å². The monoisotopic (exact) mass is 415 g/mol. The molecule has 0 saturated carbocycles. The molecule has 0 aromatic carbocycles. The molecule has 0 fully saturated rings. The Kier molecular flexibility index (Phi) is 12.4. The summed E-state index contributed by atoms with van der Waals surface area (Å²) in [5, 5.41) is 0. The normalized spacial score (nSPS) is 11.5. The van der Waals surface area contributed by atoms with Gasteiger partial charge in [0.15, 0.2) is 0 Å². The third-order valence-corrected chi connectivity index (χ3v) is 8.05. The molecule has 0 saturated heterocycles. The predicted octanol–water partition coefficient (Wildman–Crippen LogP) is 0.639. The molecule has 0 aromatic rings. The molecule has 2 radical (unpaired) electrons. The van der Waals surface area contributed by atoms with E-state index in [4.69, 9.17) is 0 Å². The Balaban J connectivity index is 0. The molecule has 0 rings (SSSR count). The average Bonchev–Trinajstić information content (AvgIpc) is 1.80. The van der Waals surface area contributed by atoms with Gasteiger partial charge in [-0.05, 0) is 0 Å². The standard InChI is InChI=1S/C3H7.3C2H6N.2Sn/c4*1-3-2;;/h3H,1-2H3;3*1-2H3;;/q;3*-1;+1;+2. The molecule has 0 spiro atoms. The molecule has 0 amide bonds. The van der Waals surface area contributed by atoms with Crippen LogP contribution in [-0.4, -0.2) is 94.8 Å². The van der Waals surface area contributed by atoms with Gasteiger partial charge < -0.3 is 0 Å². The quantitative estimate of drug-likeness (QED) is 0.630. The van der Waals surface area contributed by atoms with Gasteiger partial charge in [0, 0.05) is 0 Å². The summed E-state index contributed by atoms with van der Waals surface area (Å²) in [6.45, 7) is 4.41. The molecule has 0 atom stereocenters. The van der Waals surface area contributed by atoms with Crippen LogP contribution in [0.5, 0.6) is 0 Å². The molecule has 0 aromatic heterocycles. The number of hydrogen-bond donors (Lipinski definition) is 0. The second-order valence-electron chi connectivity index (χ2n) is 4.14. The van der Waals surface area contributed by atoms with E-state index in [2.05, 4.69) is 65.5 Å². The number of rotatable bonds is 3. The van der Waals surface area contributed by atoms with Crippen LogP contribution in [-0.2, 0) is 0 Å². The van der Waals surface area contributed by atoms with Crippen molar-refractivity contribution in [3.05, 3.63) is 0 Å². The summed E-state index contributed by atoms with van der Waals surface area (Å²) in [6.07, 6.45) is 0. The summed E-state index contributed by atoms with van der Waals surface area (Å²) >= 11 is 0.124. The van der Waals surface area contributed by atoms with Gasteiger partial charge in [-0.3, -0.25) is 0 Å². The Hall–Kier alpha value is 1.48. The van der Waals surface area contributed by atoms with Gasteiger partial charge in [-0.1, -0.05) is 0 Å². The molecule has 0 aliphatic rings. The van der Waals surface area contributed by atoms with E-state index in [0.29, 0.717) is 0 Å². The predicted molar refractivity (Wildman–Crippen MR) is 67.7 cm³/mol. The Labute approximate surface area is 112 Å². The Morgan fingerprint density at radius 3 is 0.929 bits per heavy atom. The first-order valence-corrected chi connectivity index (χ1v) is 10.3. The first-order chi connectivity index (χ1) is 6.20. The van der Waals surface area contributed by atoms with E-state index in [1.54, 1.807) is 22.5 Å². The van der Waals surface area contributed by atoms with Crippen LogP contribution in [0.3, 0.4) is 0 Å². The molecular formula is C9H25N3Sn2. The van der Waals surface area contributed by atoms with E-state index in [-0.39, 0.29) is 0 Å². The average molecular weight is 413 g/mol. The van der Waals surface area contributed by atoms with Crippen molar-refractivity contribution in [2.75, 3.05) is 42.3 Å². The zero-order chi connectivity index (χ0) is 11.9. The molecule has 0 aliphatic heterocycles. The number of hydrogen-bond acceptors (Lipinski definition) is 3. The van der Waals surface area contributed by atoms with Gasteiger partial charge in [-0.2, -0.15) is 0 Å². The fraction of sp³-hybridized carbons (Fsp3) is 1.00. The molecule has 14 heavy (non-hydrogen) atoms. The van der Waals surface area contributed by atoms with Crippen molar-refractivity contribution < 1.29 is 0 Å². The van der Waals surface area contributed by atoms with Gasteiger partial charge >= 0.3 is 113 Å². The van der Waals surface area contributed by atoms with Gasteiger partial charge in [0.1, 0.15) is 0 Å². The van der Waals surface area contributed by atoms with Crippen LogP contribution in [0.2, 0.25) is 3.93 Å². The van der Waals surface area contributed by atoms with Crippen LogP contribution in [0, 0.1) is 0 Å². The van der Waals surface area contributed by atoms with E-state index < -0.39 is 20.6 Å². The van der Waals surface area contributed by atoms with Crippen LogP contribution in [0.15, 0.2) is 0 Å². The molecule has 5 heteroatoms. The molecular weight excluding hydrogens is 388 g/mol. The van der Waals surface area contributed by atoms with Gasteiger partial charge in [-0.15, -0.1) is 0 Å². The van der Waals surface area contributed by atoms with Crippen molar-refractivity contribution in [1.29, 1.82) is 0 Å². The second-order valence-corrected chi connectivity index (χ2v) is 16.8. The zero-order valence-electron chi connectivity index (χ0n) is 10.9. The van der Waals surface area contributed by atoms with Crippen LogP contribution in [0.4, 0.5) is 0 Å². The molecule has 3 nitrogen and oxygen atoms in total. The van der Waals surface area contributed by atoms with Crippen molar-refractivity contribution >= 4 is 43.1 Å². The van der Waals surface area contributed by atoms with E-state index in [1.165, 1.54) is 0 Å². The third-order valence-electron chi connectivity index (χ3n) is 1.20. The summed E-state index contributed by atoms with van der Waals surface area (Å²) in [5.41, 5.74) is 0. The topological polar surface area (TPSA) is 9.72 Å². The van der Waals surface area contributed by atoms with E-state index in [9.17, 15) is 0 Å². The van der Waals surface area contributed by atoms with Gasteiger partial charge in [-0.25, -0.2) is 0 Å². The maximum atomic E-state index is 2.36. The fourth-order valence-corrected chi connectivity index (χ4v) is 8.05. The van der Waals surface area contributed by atoms with E-state index >= 15 is 0 Å². The van der Waals surface area contributed by atoms with Gasteiger partial charge in [0.25, 0.3) is 0 Å². The zero-order valence-corrected chi connectivity index (χ0v) is 16.6. The van der Waals surface area contributed by atoms with Gasteiger partial charge in [0.05, 0.1) is 0 Å². The van der Waals surface area contributed by atoms with Crippen molar-refractivity contribution in [3.63, 3.8) is 0 Å². The molecule has 0 N–H and O–H groups in total. The summed E-state index contributed by atoms with van der Waals surface area (Å²) in [4.78, 5) is 0. The molecule has 0 heterocycles. The van der Waals surface area contributed by atoms with E-state index in [1.807, 2.05) is 0 Å². The van der Waals surface area contributed by atoms with Crippen LogP contribution >= 0.6 is 0 Å². The molecule has 0 aliphatic carbocycles. The summed E-state index contributed by atoms with van der Waals surface area (Å²) in [7, 11) is 13.0. The van der Waals surface area contributed by atoms with Crippen molar-refractivity contribution in [2.24, 2.45) is 0 Å². The Bertz CT molecular complexity index is 105. The molecule has 0 unspecified atom stereocenters. The van der Waals surface area contributed by atoms with Gasteiger partial charge in [0.2, 0.25) is 0 Å². The van der Waals surface area contributed by atoms with Crippen molar-refractivity contribution in [2.45, 2.75) is 17.8 Å². The molecule has 0 bridgehead atoms. The minimum atomic E-state index is -1.51. The van der Waals surface area contributed by atoms with Crippen molar-refractivity contribution in [1.82, 2.24) is 9.36 Å². The van der Waals surface area contributed by atoms with E-state index in [0.717, 1.165) is 3.93 Å².